The van der Waals surface area contributed by atoms with E-state index in [1.165, 1.54) is 0 Å². The van der Waals surface area contributed by atoms with Gasteiger partial charge in [-0.05, 0) is 27.2 Å². The third-order valence-electron chi connectivity index (χ3n) is 2.01. The van der Waals surface area contributed by atoms with E-state index in [0.717, 1.165) is 12.8 Å². The standard InChI is InChI=1S/C12H25NO3/c1-6-7-10(8-15-5)13-11(14)9-16-12(2,3)4/h10H,6-9H2,1-5H3,(H,13,14). The minimum atomic E-state index is -0.279. The van der Waals surface area contributed by atoms with Crippen molar-refractivity contribution >= 4 is 5.91 Å². The smallest absolute Gasteiger partial charge is 0.246 e. The Hall–Kier alpha value is -0.610. The Morgan fingerprint density at radius 2 is 2.00 bits per heavy atom. The first-order chi connectivity index (χ1) is 7.39. The topological polar surface area (TPSA) is 47.6 Å². The van der Waals surface area contributed by atoms with Crippen LogP contribution in [0.3, 0.4) is 0 Å². The average Bonchev–Trinajstić information content (AvgIpc) is 2.14. The predicted octanol–water partition coefficient (Wildman–Crippen LogP) is 1.73. The van der Waals surface area contributed by atoms with Crippen LogP contribution in [-0.4, -0.2) is 37.9 Å². The van der Waals surface area contributed by atoms with E-state index in [1.807, 2.05) is 20.8 Å². The molecule has 0 bridgehead atoms. The number of ether oxygens (including phenoxy) is 2. The van der Waals surface area contributed by atoms with Crippen molar-refractivity contribution in [3.8, 4) is 0 Å². The van der Waals surface area contributed by atoms with E-state index in [9.17, 15) is 4.79 Å². The Morgan fingerprint density at radius 3 is 2.44 bits per heavy atom. The Balaban J connectivity index is 3.90. The maximum atomic E-state index is 11.6. The van der Waals surface area contributed by atoms with Crippen LogP contribution < -0.4 is 5.32 Å². The second-order valence-corrected chi connectivity index (χ2v) is 4.91. The average molecular weight is 231 g/mol. The molecule has 0 saturated carbocycles. The highest BCUT2D eigenvalue weighted by Gasteiger charge is 2.15. The SMILES string of the molecule is CCCC(COC)NC(=O)COC(C)(C)C. The molecule has 0 aromatic rings. The van der Waals surface area contributed by atoms with Crippen LogP contribution >= 0.6 is 0 Å². The Bertz CT molecular complexity index is 193. The molecule has 0 saturated heterocycles. The molecular weight excluding hydrogens is 206 g/mol. The number of carbonyl (C=O) groups is 1. The van der Waals surface area contributed by atoms with Crippen molar-refractivity contribution in [2.24, 2.45) is 0 Å². The van der Waals surface area contributed by atoms with Crippen molar-refractivity contribution in [3.05, 3.63) is 0 Å². The molecule has 96 valence electrons. The van der Waals surface area contributed by atoms with E-state index in [0.29, 0.717) is 6.61 Å². The van der Waals surface area contributed by atoms with E-state index in [1.54, 1.807) is 7.11 Å². The Morgan fingerprint density at radius 1 is 1.38 bits per heavy atom. The van der Waals surface area contributed by atoms with E-state index in [4.69, 9.17) is 9.47 Å². The summed E-state index contributed by atoms with van der Waals surface area (Å²) in [4.78, 5) is 11.6. The molecule has 0 heterocycles. The normalized spacial score (nSPS) is 13.6. The van der Waals surface area contributed by atoms with Gasteiger partial charge in [0, 0.05) is 7.11 Å². The predicted molar refractivity (Wildman–Crippen MR) is 64.4 cm³/mol. The first-order valence-corrected chi connectivity index (χ1v) is 5.81. The van der Waals surface area contributed by atoms with Crippen molar-refractivity contribution in [1.29, 1.82) is 0 Å². The molecule has 4 nitrogen and oxygen atoms in total. The third kappa shape index (κ3) is 8.68. The zero-order valence-corrected chi connectivity index (χ0v) is 11.1. The van der Waals surface area contributed by atoms with Crippen LogP contribution in [0, 0.1) is 0 Å². The van der Waals surface area contributed by atoms with Gasteiger partial charge in [-0.1, -0.05) is 13.3 Å². The van der Waals surface area contributed by atoms with Gasteiger partial charge in [-0.25, -0.2) is 0 Å². The highest BCUT2D eigenvalue weighted by Crippen LogP contribution is 2.06. The zero-order chi connectivity index (χ0) is 12.6. The van der Waals surface area contributed by atoms with E-state index < -0.39 is 0 Å². The van der Waals surface area contributed by atoms with Gasteiger partial charge in [0.1, 0.15) is 6.61 Å². The van der Waals surface area contributed by atoms with Crippen molar-refractivity contribution < 1.29 is 14.3 Å². The summed E-state index contributed by atoms with van der Waals surface area (Å²) < 4.78 is 10.4. The number of hydrogen-bond donors (Lipinski definition) is 1. The molecule has 4 heteroatoms. The van der Waals surface area contributed by atoms with E-state index in [-0.39, 0.29) is 24.2 Å². The van der Waals surface area contributed by atoms with Crippen LogP contribution in [0.4, 0.5) is 0 Å². The lowest BCUT2D eigenvalue weighted by Crippen LogP contribution is -2.41. The summed E-state index contributed by atoms with van der Waals surface area (Å²) in [5.41, 5.74) is -0.279. The first-order valence-electron chi connectivity index (χ1n) is 5.81. The van der Waals surface area contributed by atoms with Gasteiger partial charge >= 0.3 is 0 Å². The fourth-order valence-corrected chi connectivity index (χ4v) is 1.30. The molecular formula is C12H25NO3. The number of amides is 1. The number of rotatable bonds is 7. The summed E-state index contributed by atoms with van der Waals surface area (Å²) in [6, 6.07) is 0.0890. The summed E-state index contributed by atoms with van der Waals surface area (Å²) in [6.45, 7) is 8.53. The monoisotopic (exact) mass is 231 g/mol. The largest absolute Gasteiger partial charge is 0.383 e. The number of carbonyl (C=O) groups excluding carboxylic acids is 1. The molecule has 1 unspecified atom stereocenters. The van der Waals surface area contributed by atoms with E-state index >= 15 is 0 Å². The van der Waals surface area contributed by atoms with Crippen LogP contribution in [0.25, 0.3) is 0 Å². The molecule has 0 aromatic carbocycles. The highest BCUT2D eigenvalue weighted by atomic mass is 16.5. The van der Waals surface area contributed by atoms with Crippen molar-refractivity contribution in [3.63, 3.8) is 0 Å². The number of methoxy groups -OCH3 is 1. The van der Waals surface area contributed by atoms with Crippen LogP contribution in [0.2, 0.25) is 0 Å². The van der Waals surface area contributed by atoms with E-state index in [2.05, 4.69) is 12.2 Å². The zero-order valence-electron chi connectivity index (χ0n) is 11.1. The lowest BCUT2D eigenvalue weighted by Gasteiger charge is -2.21. The molecule has 1 atom stereocenters. The van der Waals surface area contributed by atoms with Crippen molar-refractivity contribution in [1.82, 2.24) is 5.32 Å². The summed E-state index contributed by atoms with van der Waals surface area (Å²) in [7, 11) is 1.64. The molecule has 0 radical (unpaired) electrons. The Kier molecular flexibility index (Phi) is 7.34. The maximum absolute atomic E-state index is 11.6. The lowest BCUT2D eigenvalue weighted by atomic mass is 10.2. The van der Waals surface area contributed by atoms with Crippen LogP contribution in [-0.2, 0) is 14.3 Å². The van der Waals surface area contributed by atoms with Crippen LogP contribution in [0.1, 0.15) is 40.5 Å². The second kappa shape index (κ2) is 7.63. The van der Waals surface area contributed by atoms with Crippen molar-refractivity contribution in [2.45, 2.75) is 52.2 Å². The fourth-order valence-electron chi connectivity index (χ4n) is 1.30. The van der Waals surface area contributed by atoms with Gasteiger partial charge in [0.15, 0.2) is 0 Å². The quantitative estimate of drug-likeness (QED) is 0.726. The number of hydrogen-bond acceptors (Lipinski definition) is 3. The van der Waals surface area contributed by atoms with Gasteiger partial charge in [0.25, 0.3) is 0 Å². The van der Waals surface area contributed by atoms with Gasteiger partial charge in [0.05, 0.1) is 18.2 Å². The molecule has 1 N–H and O–H groups in total. The van der Waals surface area contributed by atoms with Gasteiger partial charge in [-0.3, -0.25) is 4.79 Å². The summed E-state index contributed by atoms with van der Waals surface area (Å²) in [6.07, 6.45) is 1.95. The van der Waals surface area contributed by atoms with Gasteiger partial charge in [-0.15, -0.1) is 0 Å². The molecule has 0 aliphatic heterocycles. The summed E-state index contributed by atoms with van der Waals surface area (Å²) >= 11 is 0. The fraction of sp³-hybridized carbons (Fsp3) is 0.917. The second-order valence-electron chi connectivity index (χ2n) is 4.91. The molecule has 0 fully saturated rings. The lowest BCUT2D eigenvalue weighted by molar-refractivity contribution is -0.131. The molecule has 1 amide bonds. The molecule has 0 aliphatic rings. The molecule has 0 aromatic heterocycles. The summed E-state index contributed by atoms with van der Waals surface area (Å²) in [5.74, 6) is -0.0783. The highest BCUT2D eigenvalue weighted by molar-refractivity contribution is 5.77. The minimum absolute atomic E-state index is 0.0783. The Labute approximate surface area is 98.7 Å². The third-order valence-corrected chi connectivity index (χ3v) is 2.01. The molecule has 0 aliphatic carbocycles. The van der Waals surface area contributed by atoms with Crippen molar-refractivity contribution in [2.75, 3.05) is 20.3 Å². The molecule has 0 spiro atoms. The maximum Gasteiger partial charge on any atom is 0.246 e. The number of nitrogens with one attached hydrogen (secondary N) is 1. The first kappa shape index (κ1) is 15.4. The van der Waals surface area contributed by atoms with Gasteiger partial charge in [-0.2, -0.15) is 0 Å². The molecule has 16 heavy (non-hydrogen) atoms. The van der Waals surface area contributed by atoms with Crippen LogP contribution in [0.15, 0.2) is 0 Å². The molecule has 0 rings (SSSR count). The summed E-state index contributed by atoms with van der Waals surface area (Å²) in [5, 5.41) is 2.90. The van der Waals surface area contributed by atoms with Gasteiger partial charge in [0.2, 0.25) is 5.91 Å². The van der Waals surface area contributed by atoms with Crippen LogP contribution in [0.5, 0.6) is 0 Å². The van der Waals surface area contributed by atoms with Gasteiger partial charge < -0.3 is 14.8 Å². The minimum Gasteiger partial charge on any atom is -0.383 e.